The van der Waals surface area contributed by atoms with E-state index in [1.54, 1.807) is 30.3 Å². The third kappa shape index (κ3) is 4.11. The molecule has 1 atom stereocenters. The van der Waals surface area contributed by atoms with Crippen LogP contribution in [0.5, 0.6) is 0 Å². The Bertz CT molecular complexity index is 702. The number of carbonyl (C=O) groups is 1. The number of carboxylic acids is 1. The zero-order valence-electron chi connectivity index (χ0n) is 11.0. The Morgan fingerprint density at radius 1 is 1.19 bits per heavy atom. The van der Waals surface area contributed by atoms with E-state index in [9.17, 15) is 18.3 Å². The summed E-state index contributed by atoms with van der Waals surface area (Å²) in [5, 5.41) is 9.20. The van der Waals surface area contributed by atoms with Crippen molar-refractivity contribution >= 4 is 16.0 Å². The number of hydrogen-bond acceptors (Lipinski definition) is 4. The van der Waals surface area contributed by atoms with Crippen molar-refractivity contribution in [1.29, 1.82) is 0 Å². The van der Waals surface area contributed by atoms with Crippen molar-refractivity contribution < 1.29 is 18.3 Å². The molecule has 0 bridgehead atoms. The molecule has 0 spiro atoms. The van der Waals surface area contributed by atoms with Gasteiger partial charge in [-0.1, -0.05) is 30.3 Å². The molecule has 0 unspecified atom stereocenters. The predicted octanol–water partition coefficient (Wildman–Crippen LogP) is 1.06. The van der Waals surface area contributed by atoms with Crippen molar-refractivity contribution in [2.45, 2.75) is 17.4 Å². The number of nitrogens with one attached hydrogen (secondary N) is 1. The van der Waals surface area contributed by atoms with E-state index in [0.717, 1.165) is 5.56 Å². The molecule has 0 amide bonds. The summed E-state index contributed by atoms with van der Waals surface area (Å²) >= 11 is 0. The Hall–Kier alpha value is -2.25. The van der Waals surface area contributed by atoms with E-state index in [0.29, 0.717) is 0 Å². The number of hydrogen-bond donors (Lipinski definition) is 2. The highest BCUT2D eigenvalue weighted by atomic mass is 32.2. The van der Waals surface area contributed by atoms with Crippen molar-refractivity contribution in [3.8, 4) is 0 Å². The number of rotatable bonds is 6. The Balaban J connectivity index is 2.19. The third-order valence-electron chi connectivity index (χ3n) is 2.82. The van der Waals surface area contributed by atoms with Gasteiger partial charge in [-0.25, -0.2) is 8.42 Å². The monoisotopic (exact) mass is 306 g/mol. The molecular weight excluding hydrogens is 292 g/mol. The molecule has 2 N–H and O–H groups in total. The summed E-state index contributed by atoms with van der Waals surface area (Å²) in [7, 11) is -3.92. The Labute approximate surface area is 122 Å². The molecule has 110 valence electrons. The fourth-order valence-electron chi connectivity index (χ4n) is 1.79. The van der Waals surface area contributed by atoms with Crippen LogP contribution in [-0.2, 0) is 21.2 Å². The number of carboxylic acid groups (broad SMARTS) is 1. The molecule has 2 rings (SSSR count). The minimum Gasteiger partial charge on any atom is -0.480 e. The van der Waals surface area contributed by atoms with Crippen LogP contribution in [0.2, 0.25) is 0 Å². The third-order valence-corrected chi connectivity index (χ3v) is 4.28. The first-order valence-electron chi connectivity index (χ1n) is 6.18. The second-order valence-electron chi connectivity index (χ2n) is 4.39. The lowest BCUT2D eigenvalue weighted by Crippen LogP contribution is -2.42. The van der Waals surface area contributed by atoms with E-state index in [1.165, 1.54) is 24.5 Å². The fraction of sp³-hybridized carbons (Fsp3) is 0.143. The molecule has 0 saturated heterocycles. The molecule has 1 heterocycles. The number of nitrogens with zero attached hydrogens (tertiary/aromatic N) is 1. The second-order valence-corrected chi connectivity index (χ2v) is 6.10. The summed E-state index contributed by atoms with van der Waals surface area (Å²) in [5.74, 6) is -1.23. The molecular formula is C14H14N2O4S. The van der Waals surface area contributed by atoms with Gasteiger partial charge in [0, 0.05) is 12.4 Å². The maximum atomic E-state index is 12.1. The van der Waals surface area contributed by atoms with E-state index >= 15 is 0 Å². The molecule has 6 nitrogen and oxygen atoms in total. The fourth-order valence-corrected chi connectivity index (χ4v) is 2.94. The van der Waals surface area contributed by atoms with Gasteiger partial charge in [0.25, 0.3) is 0 Å². The topological polar surface area (TPSA) is 96.4 Å². The highest BCUT2D eigenvalue weighted by Gasteiger charge is 2.25. The lowest BCUT2D eigenvalue weighted by molar-refractivity contribution is -0.138. The Kier molecular flexibility index (Phi) is 4.66. The molecule has 0 aliphatic heterocycles. The number of pyridine rings is 1. The SMILES string of the molecule is O=C(O)[C@@H](Cc1ccccc1)NS(=O)(=O)c1cccnc1. The average molecular weight is 306 g/mol. The van der Waals surface area contributed by atoms with Gasteiger partial charge in [0.1, 0.15) is 10.9 Å². The molecule has 21 heavy (non-hydrogen) atoms. The second kappa shape index (κ2) is 6.47. The molecule has 1 aromatic carbocycles. The molecule has 0 fully saturated rings. The van der Waals surface area contributed by atoms with Crippen LogP contribution in [0.15, 0.2) is 59.8 Å². The maximum absolute atomic E-state index is 12.1. The van der Waals surface area contributed by atoms with Crippen LogP contribution in [0.1, 0.15) is 5.56 Å². The molecule has 0 aliphatic carbocycles. The predicted molar refractivity (Wildman–Crippen MR) is 76.1 cm³/mol. The maximum Gasteiger partial charge on any atom is 0.322 e. The van der Waals surface area contributed by atoms with Crippen molar-refractivity contribution in [1.82, 2.24) is 9.71 Å². The van der Waals surface area contributed by atoms with Gasteiger partial charge in [-0.3, -0.25) is 9.78 Å². The van der Waals surface area contributed by atoms with E-state index in [-0.39, 0.29) is 11.3 Å². The van der Waals surface area contributed by atoms with Gasteiger partial charge in [-0.15, -0.1) is 0 Å². The van der Waals surface area contributed by atoms with Gasteiger partial charge in [-0.2, -0.15) is 4.72 Å². The van der Waals surface area contributed by atoms with Gasteiger partial charge < -0.3 is 5.11 Å². The van der Waals surface area contributed by atoms with Gasteiger partial charge in [0.15, 0.2) is 0 Å². The Morgan fingerprint density at radius 3 is 2.48 bits per heavy atom. The quantitative estimate of drug-likeness (QED) is 0.831. The number of aliphatic carboxylic acids is 1. The summed E-state index contributed by atoms with van der Waals surface area (Å²) in [5.41, 5.74) is 0.735. The van der Waals surface area contributed by atoms with Crippen LogP contribution in [0.25, 0.3) is 0 Å². The van der Waals surface area contributed by atoms with E-state index in [1.807, 2.05) is 0 Å². The van der Waals surface area contributed by atoms with Gasteiger partial charge >= 0.3 is 5.97 Å². The first-order chi connectivity index (χ1) is 9.99. The van der Waals surface area contributed by atoms with Crippen molar-refractivity contribution in [3.63, 3.8) is 0 Å². The first-order valence-corrected chi connectivity index (χ1v) is 7.66. The molecule has 2 aromatic rings. The van der Waals surface area contributed by atoms with E-state index in [2.05, 4.69) is 9.71 Å². The largest absolute Gasteiger partial charge is 0.480 e. The zero-order valence-corrected chi connectivity index (χ0v) is 11.8. The molecule has 0 radical (unpaired) electrons. The zero-order chi connectivity index (χ0) is 15.3. The molecule has 0 aliphatic rings. The minimum atomic E-state index is -3.92. The minimum absolute atomic E-state index is 0.0651. The average Bonchev–Trinajstić information content (AvgIpc) is 2.48. The smallest absolute Gasteiger partial charge is 0.322 e. The summed E-state index contributed by atoms with van der Waals surface area (Å²) in [4.78, 5) is 14.9. The van der Waals surface area contributed by atoms with Gasteiger partial charge in [0.05, 0.1) is 0 Å². The van der Waals surface area contributed by atoms with Crippen LogP contribution in [0.3, 0.4) is 0 Å². The molecule has 0 saturated carbocycles. The molecule has 1 aromatic heterocycles. The Morgan fingerprint density at radius 2 is 1.90 bits per heavy atom. The molecule has 7 heteroatoms. The van der Waals surface area contributed by atoms with Gasteiger partial charge in [-0.05, 0) is 24.1 Å². The van der Waals surface area contributed by atoms with Crippen LogP contribution in [0, 0.1) is 0 Å². The van der Waals surface area contributed by atoms with Gasteiger partial charge in [0.2, 0.25) is 10.0 Å². The standard InChI is InChI=1S/C14H14N2O4S/c17-14(18)13(9-11-5-2-1-3-6-11)16-21(19,20)12-7-4-8-15-10-12/h1-8,10,13,16H,9H2,(H,17,18)/t13-/m1/s1. The van der Waals surface area contributed by atoms with E-state index in [4.69, 9.17) is 0 Å². The van der Waals surface area contributed by atoms with E-state index < -0.39 is 22.0 Å². The summed E-state index contributed by atoms with van der Waals surface area (Å²) < 4.78 is 26.4. The van der Waals surface area contributed by atoms with Crippen LogP contribution in [-0.4, -0.2) is 30.5 Å². The van der Waals surface area contributed by atoms with Crippen molar-refractivity contribution in [2.24, 2.45) is 0 Å². The number of sulfonamides is 1. The number of aromatic nitrogens is 1. The van der Waals surface area contributed by atoms with Crippen molar-refractivity contribution in [2.75, 3.05) is 0 Å². The van der Waals surface area contributed by atoms with Crippen LogP contribution in [0.4, 0.5) is 0 Å². The lowest BCUT2D eigenvalue weighted by Gasteiger charge is -2.14. The summed E-state index contributed by atoms with van der Waals surface area (Å²) in [6.07, 6.45) is 2.68. The highest BCUT2D eigenvalue weighted by Crippen LogP contribution is 2.09. The number of benzene rings is 1. The van der Waals surface area contributed by atoms with Crippen LogP contribution < -0.4 is 4.72 Å². The normalized spacial score (nSPS) is 12.8. The van der Waals surface area contributed by atoms with Crippen LogP contribution >= 0.6 is 0 Å². The lowest BCUT2D eigenvalue weighted by atomic mass is 10.1. The summed E-state index contributed by atoms with van der Waals surface area (Å²) in [6.45, 7) is 0. The summed E-state index contributed by atoms with van der Waals surface area (Å²) in [6, 6.07) is 10.4. The van der Waals surface area contributed by atoms with Crippen molar-refractivity contribution in [3.05, 3.63) is 60.4 Å². The first kappa shape index (κ1) is 15.1. The highest BCUT2D eigenvalue weighted by molar-refractivity contribution is 7.89.